The highest BCUT2D eigenvalue weighted by Gasteiger charge is 2.78. The maximum absolute atomic E-state index is 17.5. The lowest BCUT2D eigenvalue weighted by atomic mass is 9.43. The smallest absolute Gasteiger partial charge is 0.178 e. The second-order valence-corrected chi connectivity index (χ2v) is 12.8. The summed E-state index contributed by atoms with van der Waals surface area (Å²) in [4.78, 5) is 27.9. The van der Waals surface area contributed by atoms with Crippen LogP contribution >= 0.6 is 0 Å². The van der Waals surface area contributed by atoms with Gasteiger partial charge in [0.15, 0.2) is 17.2 Å². The lowest BCUT2D eigenvalue weighted by molar-refractivity contribution is -0.212. The van der Waals surface area contributed by atoms with Crippen molar-refractivity contribution in [3.63, 3.8) is 0 Å². The van der Waals surface area contributed by atoms with Gasteiger partial charge in [0.05, 0.1) is 23.2 Å². The molecule has 1 aromatic rings. The van der Waals surface area contributed by atoms with Crippen LogP contribution in [0.3, 0.4) is 0 Å². The molecule has 0 amide bonds. The minimum atomic E-state index is -2.19. The summed E-state index contributed by atoms with van der Waals surface area (Å²) in [6, 6.07) is 9.45. The largest absolute Gasteiger partial charge is 0.390 e. The lowest BCUT2D eigenvalue weighted by Crippen LogP contribution is -2.69. The average molecular weight is 537 g/mol. The van der Waals surface area contributed by atoms with Crippen molar-refractivity contribution in [2.75, 3.05) is 19.7 Å². The number of hydrogen-bond acceptors (Lipinski definition) is 6. The molecule has 5 aliphatic rings. The molecule has 206 valence electrons. The molecule has 1 aromatic carbocycles. The van der Waals surface area contributed by atoms with Gasteiger partial charge in [-0.15, -0.1) is 0 Å². The van der Waals surface area contributed by atoms with Crippen molar-refractivity contribution >= 4 is 11.6 Å². The zero-order valence-electron chi connectivity index (χ0n) is 22.2. The van der Waals surface area contributed by atoms with Crippen LogP contribution in [-0.2, 0) is 16.1 Å². The molecule has 4 aliphatic carbocycles. The van der Waals surface area contributed by atoms with Gasteiger partial charge in [0.2, 0.25) is 0 Å². The van der Waals surface area contributed by atoms with Gasteiger partial charge in [-0.2, -0.15) is 5.26 Å². The Morgan fingerprint density at radius 2 is 2.03 bits per heavy atom. The molecule has 9 atom stereocenters. The number of aliphatic hydroxyl groups excluding tert-OH is 2. The number of halogens is 2. The highest BCUT2D eigenvalue weighted by atomic mass is 19.1. The van der Waals surface area contributed by atoms with Gasteiger partial charge in [-0.3, -0.25) is 14.5 Å². The number of rotatable bonds is 4. The van der Waals surface area contributed by atoms with Crippen molar-refractivity contribution in [1.82, 2.24) is 4.90 Å². The van der Waals surface area contributed by atoms with Crippen LogP contribution in [0.5, 0.6) is 0 Å². The van der Waals surface area contributed by atoms with Crippen LogP contribution in [0.25, 0.3) is 0 Å². The number of aliphatic hydroxyl groups is 2. The first kappa shape index (κ1) is 26.5. The monoisotopic (exact) mass is 536 g/mol. The van der Waals surface area contributed by atoms with E-state index in [1.165, 1.54) is 18.2 Å². The molecular weight excluding hydrogens is 502 g/mol. The van der Waals surface area contributed by atoms with E-state index in [1.807, 2.05) is 25.1 Å². The Bertz CT molecular complexity index is 1350. The van der Waals surface area contributed by atoms with E-state index in [2.05, 4.69) is 11.0 Å². The van der Waals surface area contributed by atoms with E-state index in [0.29, 0.717) is 31.6 Å². The third kappa shape index (κ3) is 3.27. The molecule has 4 fully saturated rings. The molecule has 39 heavy (non-hydrogen) atoms. The van der Waals surface area contributed by atoms with E-state index in [9.17, 15) is 25.1 Å². The molecule has 1 saturated heterocycles. The minimum absolute atomic E-state index is 0.00622. The number of ketones is 2. The number of nitriles is 1. The van der Waals surface area contributed by atoms with Gasteiger partial charge in [-0.25, -0.2) is 8.78 Å². The maximum atomic E-state index is 17.5. The Balaban J connectivity index is 1.39. The number of allylic oxidation sites excluding steroid dienone is 4. The number of carbonyl (C=O) groups excluding carboxylic acids is 2. The topological polar surface area (TPSA) is 102 Å². The van der Waals surface area contributed by atoms with Crippen molar-refractivity contribution in [1.29, 1.82) is 5.26 Å². The quantitative estimate of drug-likeness (QED) is 0.611. The summed E-state index contributed by atoms with van der Waals surface area (Å²) in [6.07, 6.45) is 1.21. The summed E-state index contributed by atoms with van der Waals surface area (Å²) in [5.74, 6) is -2.11. The van der Waals surface area contributed by atoms with Crippen molar-refractivity contribution < 1.29 is 28.6 Å². The minimum Gasteiger partial charge on any atom is -0.390 e. The fourth-order valence-electron chi connectivity index (χ4n) is 9.64. The number of hydrogen-bond donors (Lipinski definition) is 2. The van der Waals surface area contributed by atoms with Crippen molar-refractivity contribution in [3.05, 3.63) is 59.2 Å². The van der Waals surface area contributed by atoms with E-state index in [4.69, 9.17) is 0 Å². The molecule has 1 heterocycles. The number of Topliss-reactive ketones (excluding diaryl/α,β-unsaturated/α-hetero) is 1. The third-order valence-electron chi connectivity index (χ3n) is 11.3. The van der Waals surface area contributed by atoms with Gasteiger partial charge < -0.3 is 10.2 Å². The van der Waals surface area contributed by atoms with Gasteiger partial charge in [0.25, 0.3) is 0 Å². The molecule has 6 rings (SSSR count). The van der Waals surface area contributed by atoms with E-state index < -0.39 is 46.7 Å². The van der Waals surface area contributed by atoms with E-state index in [1.54, 1.807) is 13.0 Å². The number of carbonyl (C=O) groups is 2. The Kier molecular flexibility index (Phi) is 5.86. The molecule has 2 N–H and O–H groups in total. The molecular formula is C31H34F2N2O4. The van der Waals surface area contributed by atoms with Gasteiger partial charge >= 0.3 is 0 Å². The van der Waals surface area contributed by atoms with E-state index >= 15 is 8.78 Å². The van der Waals surface area contributed by atoms with Crippen LogP contribution in [0, 0.1) is 45.3 Å². The Morgan fingerprint density at radius 1 is 1.26 bits per heavy atom. The summed E-state index contributed by atoms with van der Waals surface area (Å²) in [5, 5.41) is 31.1. The zero-order chi connectivity index (χ0) is 28.0. The van der Waals surface area contributed by atoms with Crippen molar-refractivity contribution in [2.45, 2.75) is 57.6 Å². The fourth-order valence-corrected chi connectivity index (χ4v) is 9.64. The highest BCUT2D eigenvalue weighted by molar-refractivity contribution is 6.01. The number of benzene rings is 1. The number of alkyl halides is 2. The highest BCUT2D eigenvalue weighted by Crippen LogP contribution is 2.74. The van der Waals surface area contributed by atoms with Crippen LogP contribution in [0.4, 0.5) is 8.78 Å². The number of nitrogens with zero attached hydrogens (tertiary/aromatic N) is 2. The molecule has 6 nitrogen and oxygen atoms in total. The number of likely N-dealkylation sites (tertiary alicyclic amines) is 1. The van der Waals surface area contributed by atoms with Crippen molar-refractivity contribution in [2.24, 2.45) is 34.0 Å². The second kappa shape index (κ2) is 8.63. The molecule has 0 radical (unpaired) electrons. The van der Waals surface area contributed by atoms with Crippen LogP contribution in [-0.4, -0.2) is 64.3 Å². The van der Waals surface area contributed by atoms with Gasteiger partial charge in [-0.05, 0) is 78.9 Å². The normalized spacial score (nSPS) is 44.6. The summed E-state index contributed by atoms with van der Waals surface area (Å²) in [5.41, 5.74) is -3.95. The molecule has 0 aromatic heterocycles. The molecule has 8 heteroatoms. The van der Waals surface area contributed by atoms with E-state index in [-0.39, 0.29) is 41.8 Å². The van der Waals surface area contributed by atoms with Gasteiger partial charge in [0, 0.05) is 31.0 Å². The molecule has 1 aliphatic heterocycles. The Hall–Kier alpha value is -2.73. The molecule has 0 spiro atoms. The zero-order valence-corrected chi connectivity index (χ0v) is 22.2. The molecule has 0 bridgehead atoms. The predicted octanol–water partition coefficient (Wildman–Crippen LogP) is 3.47. The average Bonchev–Trinajstić information content (AvgIpc) is 3.38. The third-order valence-corrected chi connectivity index (χ3v) is 11.3. The van der Waals surface area contributed by atoms with E-state index in [0.717, 1.165) is 5.56 Å². The SMILES string of the molecule is C[C@]12C=CC(=O)C=C1[C@@H](F)C[C@H]1[C@@H]3C[C@H]4CN(Cc5cccc(C#N)c5)C[C@@]4(C(=O)CO)[C@@]3(C)CC(O)[C@@]12F. The predicted molar refractivity (Wildman–Crippen MR) is 138 cm³/mol. The fraction of sp³-hybridized carbons (Fsp3) is 0.581. The lowest BCUT2D eigenvalue weighted by Gasteiger charge is -2.63. The second-order valence-electron chi connectivity index (χ2n) is 12.8. The van der Waals surface area contributed by atoms with Gasteiger partial charge in [0.1, 0.15) is 12.8 Å². The first-order valence-electron chi connectivity index (χ1n) is 13.8. The first-order chi connectivity index (χ1) is 18.4. The molecule has 1 unspecified atom stereocenters. The summed E-state index contributed by atoms with van der Waals surface area (Å²) in [7, 11) is 0. The van der Waals surface area contributed by atoms with Crippen LogP contribution in [0.2, 0.25) is 0 Å². The standard InChI is InChI=1S/C31H34F2N2O4/c1-28-7-6-21(37)10-24(28)25(32)11-23-22-9-20-15-35(14-19-5-3-4-18(8-19)13-34)17-30(20,27(39)16-36)29(22,2)12-26(38)31(23,28)33/h3-8,10,20,22-23,25-26,36,38H,9,11-12,14-17H2,1-2H3/t20-,22-,23-,25-,26?,28-,29-,30+,31-/m0/s1. The summed E-state index contributed by atoms with van der Waals surface area (Å²) >= 11 is 0. The van der Waals surface area contributed by atoms with Crippen LogP contribution in [0.1, 0.15) is 44.2 Å². The Morgan fingerprint density at radius 3 is 2.74 bits per heavy atom. The van der Waals surface area contributed by atoms with Gasteiger partial charge in [-0.1, -0.05) is 25.1 Å². The van der Waals surface area contributed by atoms with Crippen LogP contribution < -0.4 is 0 Å². The van der Waals surface area contributed by atoms with Crippen LogP contribution in [0.15, 0.2) is 48.1 Å². The summed E-state index contributed by atoms with van der Waals surface area (Å²) < 4.78 is 33.2. The Labute approximate surface area is 227 Å². The maximum Gasteiger partial charge on any atom is 0.178 e. The summed E-state index contributed by atoms with van der Waals surface area (Å²) in [6.45, 7) is 4.26. The number of fused-ring (bicyclic) bond motifs is 7. The molecule has 3 saturated carbocycles. The first-order valence-corrected chi connectivity index (χ1v) is 13.8. The van der Waals surface area contributed by atoms with Crippen molar-refractivity contribution in [3.8, 4) is 6.07 Å².